The minimum atomic E-state index is -0.0976. The van der Waals surface area contributed by atoms with Gasteiger partial charge in [-0.3, -0.25) is 4.79 Å². The number of carbonyl (C=O) groups excluding carboxylic acids is 1. The van der Waals surface area contributed by atoms with Crippen molar-refractivity contribution in [2.75, 3.05) is 6.61 Å². The van der Waals surface area contributed by atoms with Gasteiger partial charge < -0.3 is 9.72 Å². The number of benzene rings is 1. The highest BCUT2D eigenvalue weighted by molar-refractivity contribution is 5.95. The van der Waals surface area contributed by atoms with E-state index in [2.05, 4.69) is 20.5 Å². The van der Waals surface area contributed by atoms with Gasteiger partial charge in [0.2, 0.25) is 5.78 Å². The maximum absolute atomic E-state index is 11.7. The lowest BCUT2D eigenvalue weighted by molar-refractivity contribution is 0.0917. The number of nitrogens with one attached hydrogen (secondary N) is 1. The molecule has 0 saturated heterocycles. The molecular formula is C13H11N5O2. The third-order valence-electron chi connectivity index (χ3n) is 2.72. The van der Waals surface area contributed by atoms with Crippen LogP contribution >= 0.6 is 0 Å². The van der Waals surface area contributed by atoms with E-state index in [9.17, 15) is 4.79 Å². The molecule has 0 amide bonds. The fraction of sp³-hybridized carbons (Fsp3) is 0.0769. The number of aromatic nitrogens is 5. The van der Waals surface area contributed by atoms with Gasteiger partial charge in [0, 0.05) is 6.20 Å². The van der Waals surface area contributed by atoms with E-state index in [-0.39, 0.29) is 12.4 Å². The topological polar surface area (TPSA) is 85.7 Å². The molecule has 3 aromatic rings. The van der Waals surface area contributed by atoms with E-state index in [1.54, 1.807) is 30.5 Å². The summed E-state index contributed by atoms with van der Waals surface area (Å²) in [7, 11) is 0. The molecule has 1 N–H and O–H groups in total. The standard InChI is InChI=1S/C13H11N5O2/c19-13(12-2-1-7-14-12)8-20-11-5-3-10(4-6-11)18-9-15-16-17-18/h1-7,9,14H,8H2. The summed E-state index contributed by atoms with van der Waals surface area (Å²) in [6.07, 6.45) is 3.21. The Morgan fingerprint density at radius 1 is 1.25 bits per heavy atom. The molecule has 0 aliphatic carbocycles. The lowest BCUT2D eigenvalue weighted by atomic mass is 10.3. The van der Waals surface area contributed by atoms with Gasteiger partial charge in [0.15, 0.2) is 6.61 Å². The SMILES string of the molecule is O=C(COc1ccc(-n2cnnn2)cc1)c1ccc[nH]1. The molecule has 100 valence electrons. The Balaban J connectivity index is 1.63. The van der Waals surface area contributed by atoms with Gasteiger partial charge in [0.25, 0.3) is 0 Å². The third kappa shape index (κ3) is 2.56. The first-order valence-electron chi connectivity index (χ1n) is 5.96. The number of Topliss-reactive ketones (excluding diaryl/α,β-unsaturated/α-hetero) is 1. The molecule has 0 saturated carbocycles. The second-order valence-corrected chi connectivity index (χ2v) is 4.04. The maximum atomic E-state index is 11.7. The van der Waals surface area contributed by atoms with Gasteiger partial charge in [0.05, 0.1) is 11.4 Å². The lowest BCUT2D eigenvalue weighted by Gasteiger charge is -2.05. The fourth-order valence-corrected chi connectivity index (χ4v) is 1.71. The van der Waals surface area contributed by atoms with Crippen molar-refractivity contribution in [2.45, 2.75) is 0 Å². The predicted molar refractivity (Wildman–Crippen MR) is 69.8 cm³/mol. The highest BCUT2D eigenvalue weighted by atomic mass is 16.5. The highest BCUT2D eigenvalue weighted by Gasteiger charge is 2.07. The van der Waals surface area contributed by atoms with Crippen LogP contribution in [0.1, 0.15) is 10.5 Å². The zero-order chi connectivity index (χ0) is 13.8. The average Bonchev–Trinajstić information content (AvgIpc) is 3.18. The number of ether oxygens (including phenoxy) is 1. The monoisotopic (exact) mass is 269 g/mol. The van der Waals surface area contributed by atoms with Gasteiger partial charge in [-0.25, -0.2) is 4.68 Å². The van der Waals surface area contributed by atoms with Crippen molar-refractivity contribution in [3.63, 3.8) is 0 Å². The number of hydrogen-bond donors (Lipinski definition) is 1. The number of aromatic amines is 1. The summed E-state index contributed by atoms with van der Waals surface area (Å²) in [5.74, 6) is 0.515. The maximum Gasteiger partial charge on any atom is 0.216 e. The number of ketones is 1. The molecule has 0 bridgehead atoms. The second-order valence-electron chi connectivity index (χ2n) is 4.04. The van der Waals surface area contributed by atoms with Crippen LogP contribution < -0.4 is 4.74 Å². The van der Waals surface area contributed by atoms with Gasteiger partial charge in [-0.15, -0.1) is 5.10 Å². The number of carbonyl (C=O) groups is 1. The van der Waals surface area contributed by atoms with Crippen LogP contribution in [-0.4, -0.2) is 37.6 Å². The summed E-state index contributed by atoms with van der Waals surface area (Å²) in [5.41, 5.74) is 1.35. The molecule has 1 aromatic carbocycles. The average molecular weight is 269 g/mol. The second kappa shape index (κ2) is 5.35. The minimum absolute atomic E-state index is 0.00919. The Bertz CT molecular complexity index is 674. The van der Waals surface area contributed by atoms with Crippen molar-refractivity contribution in [1.82, 2.24) is 25.2 Å². The highest BCUT2D eigenvalue weighted by Crippen LogP contribution is 2.14. The van der Waals surface area contributed by atoms with E-state index in [1.807, 2.05) is 12.1 Å². The molecule has 7 heteroatoms. The molecule has 0 unspecified atom stereocenters. The van der Waals surface area contributed by atoms with Crippen molar-refractivity contribution in [2.24, 2.45) is 0 Å². The first-order chi connectivity index (χ1) is 9.83. The molecule has 0 spiro atoms. The van der Waals surface area contributed by atoms with E-state index < -0.39 is 0 Å². The van der Waals surface area contributed by atoms with Crippen molar-refractivity contribution < 1.29 is 9.53 Å². The quantitative estimate of drug-likeness (QED) is 0.704. The van der Waals surface area contributed by atoms with E-state index in [0.717, 1.165) is 5.69 Å². The Morgan fingerprint density at radius 3 is 2.75 bits per heavy atom. The summed E-state index contributed by atoms with van der Waals surface area (Å²) < 4.78 is 6.97. The van der Waals surface area contributed by atoms with Crippen molar-refractivity contribution >= 4 is 5.78 Å². The van der Waals surface area contributed by atoms with E-state index in [1.165, 1.54) is 11.0 Å². The van der Waals surface area contributed by atoms with Crippen LogP contribution in [0.25, 0.3) is 5.69 Å². The van der Waals surface area contributed by atoms with Crippen LogP contribution in [0.5, 0.6) is 5.75 Å². The lowest BCUT2D eigenvalue weighted by Crippen LogP contribution is -2.11. The van der Waals surface area contributed by atoms with Gasteiger partial charge in [-0.2, -0.15) is 0 Å². The van der Waals surface area contributed by atoms with E-state index in [0.29, 0.717) is 11.4 Å². The summed E-state index contributed by atoms with van der Waals surface area (Å²) in [5, 5.41) is 10.9. The Hall–Kier alpha value is -2.96. The molecule has 0 atom stereocenters. The Kier molecular flexibility index (Phi) is 3.24. The summed E-state index contributed by atoms with van der Waals surface area (Å²) >= 11 is 0. The zero-order valence-electron chi connectivity index (χ0n) is 10.4. The smallest absolute Gasteiger partial charge is 0.216 e. The van der Waals surface area contributed by atoms with E-state index in [4.69, 9.17) is 4.74 Å². The van der Waals surface area contributed by atoms with Gasteiger partial charge in [-0.1, -0.05) is 0 Å². The van der Waals surface area contributed by atoms with Crippen LogP contribution in [0.3, 0.4) is 0 Å². The largest absolute Gasteiger partial charge is 0.485 e. The molecule has 0 fully saturated rings. The number of rotatable bonds is 5. The van der Waals surface area contributed by atoms with Crippen LogP contribution in [0.2, 0.25) is 0 Å². The molecule has 0 aliphatic rings. The third-order valence-corrected chi connectivity index (χ3v) is 2.72. The molecule has 3 rings (SSSR count). The summed E-state index contributed by atoms with van der Waals surface area (Å²) in [4.78, 5) is 14.6. The number of H-pyrrole nitrogens is 1. The van der Waals surface area contributed by atoms with Crippen LogP contribution in [0.15, 0.2) is 48.9 Å². The predicted octanol–water partition coefficient (Wildman–Crippen LogP) is 1.25. The van der Waals surface area contributed by atoms with Gasteiger partial charge in [-0.05, 0) is 46.8 Å². The van der Waals surface area contributed by atoms with Gasteiger partial charge >= 0.3 is 0 Å². The first-order valence-corrected chi connectivity index (χ1v) is 5.96. The summed E-state index contributed by atoms with van der Waals surface area (Å²) in [6.45, 7) is -0.00919. The van der Waals surface area contributed by atoms with Crippen molar-refractivity contribution in [3.8, 4) is 11.4 Å². The molecule has 2 heterocycles. The zero-order valence-corrected chi connectivity index (χ0v) is 10.4. The Morgan fingerprint density at radius 2 is 2.10 bits per heavy atom. The van der Waals surface area contributed by atoms with Crippen molar-refractivity contribution in [1.29, 1.82) is 0 Å². The van der Waals surface area contributed by atoms with Crippen LogP contribution in [0, 0.1) is 0 Å². The van der Waals surface area contributed by atoms with E-state index >= 15 is 0 Å². The molecule has 20 heavy (non-hydrogen) atoms. The molecular weight excluding hydrogens is 258 g/mol. The normalized spacial score (nSPS) is 10.4. The first kappa shape index (κ1) is 12.1. The van der Waals surface area contributed by atoms with Crippen LogP contribution in [0.4, 0.5) is 0 Å². The number of hydrogen-bond acceptors (Lipinski definition) is 5. The summed E-state index contributed by atoms with van der Waals surface area (Å²) in [6, 6.07) is 10.6. The fourth-order valence-electron chi connectivity index (χ4n) is 1.71. The number of nitrogens with zero attached hydrogens (tertiary/aromatic N) is 4. The molecule has 7 nitrogen and oxygen atoms in total. The van der Waals surface area contributed by atoms with Gasteiger partial charge in [0.1, 0.15) is 12.1 Å². The van der Waals surface area contributed by atoms with Crippen LogP contribution in [-0.2, 0) is 0 Å². The van der Waals surface area contributed by atoms with Crippen molar-refractivity contribution in [3.05, 3.63) is 54.6 Å². The number of tetrazole rings is 1. The molecule has 2 aromatic heterocycles. The molecule has 0 aliphatic heterocycles. The minimum Gasteiger partial charge on any atom is -0.485 e. The molecule has 0 radical (unpaired) electrons. The Labute approximate surface area is 114 Å².